The average molecular weight is 534 g/mol. The topological polar surface area (TPSA) is 138 Å². The Balaban J connectivity index is 1.04. The lowest BCUT2D eigenvalue weighted by Crippen LogP contribution is -2.54. The Kier molecular flexibility index (Phi) is 5.23. The number of piperidine rings is 1. The summed E-state index contributed by atoms with van der Waals surface area (Å²) in [4.78, 5) is 68.8. The molecule has 11 heteroatoms. The van der Waals surface area contributed by atoms with Gasteiger partial charge in [-0.05, 0) is 68.4 Å². The lowest BCUT2D eigenvalue weighted by molar-refractivity contribution is -0.136. The Morgan fingerprint density at radius 3 is 2.66 bits per heavy atom. The predicted octanol–water partition coefficient (Wildman–Crippen LogP) is 2.46. The molecule has 4 aliphatic carbocycles. The molecule has 3 heterocycles. The van der Waals surface area contributed by atoms with E-state index < -0.39 is 29.7 Å². The number of fused-ring (bicyclic) bond motifs is 1. The van der Waals surface area contributed by atoms with Gasteiger partial charge in [0.25, 0.3) is 17.7 Å². The van der Waals surface area contributed by atoms with Crippen LogP contribution in [0.1, 0.15) is 81.2 Å². The van der Waals surface area contributed by atoms with Gasteiger partial charge in [-0.2, -0.15) is 0 Å². The van der Waals surface area contributed by atoms with Gasteiger partial charge >= 0.3 is 0 Å². The molecular formula is C27H27N5O5S. The quantitative estimate of drug-likeness (QED) is 0.485. The standard InChI is InChI=1S/C27H27N5O5S/c33-20-5-4-19(22(34)30-20)32-25(36)17-2-1-3-18(21(17)26(32)37)28-11-16-12-38-24(29-16)23(35)31-27-9-13-6-14(10-27)8-15(27)7-13/h1-3,12-15,19,28H,4-11H2,(H,31,35)(H,30,33,34). The maximum atomic E-state index is 13.3. The first kappa shape index (κ1) is 23.5. The van der Waals surface area contributed by atoms with E-state index >= 15 is 0 Å². The van der Waals surface area contributed by atoms with E-state index in [0.29, 0.717) is 22.3 Å². The second-order valence-corrected chi connectivity index (χ2v) is 12.2. The fourth-order valence-corrected chi connectivity index (χ4v) is 8.33. The van der Waals surface area contributed by atoms with Gasteiger partial charge in [-0.15, -0.1) is 11.3 Å². The maximum Gasteiger partial charge on any atom is 0.280 e. The van der Waals surface area contributed by atoms with E-state index in [4.69, 9.17) is 0 Å². The van der Waals surface area contributed by atoms with E-state index in [1.165, 1.54) is 30.6 Å². The number of nitrogens with zero attached hydrogens (tertiary/aromatic N) is 2. The molecule has 2 aliphatic heterocycles. The number of anilines is 1. The molecule has 4 saturated carbocycles. The van der Waals surface area contributed by atoms with Crippen LogP contribution in [0.25, 0.3) is 0 Å². The van der Waals surface area contributed by atoms with E-state index in [-0.39, 0.29) is 42.0 Å². The number of hydrogen-bond donors (Lipinski definition) is 3. The molecule has 1 saturated heterocycles. The molecule has 0 spiro atoms. The number of amides is 5. The molecule has 10 nitrogen and oxygen atoms in total. The largest absolute Gasteiger partial charge is 0.379 e. The summed E-state index contributed by atoms with van der Waals surface area (Å²) in [6.07, 6.45) is 6.11. The van der Waals surface area contributed by atoms with E-state index in [1.54, 1.807) is 18.2 Å². The van der Waals surface area contributed by atoms with Gasteiger partial charge in [0.2, 0.25) is 11.8 Å². The zero-order valence-electron chi connectivity index (χ0n) is 20.6. The first-order chi connectivity index (χ1) is 18.3. The summed E-state index contributed by atoms with van der Waals surface area (Å²) < 4.78 is 0. The fourth-order valence-electron chi connectivity index (χ4n) is 7.62. The van der Waals surface area contributed by atoms with Crippen molar-refractivity contribution in [3.8, 4) is 0 Å². The van der Waals surface area contributed by atoms with Crippen LogP contribution in [-0.2, 0) is 16.1 Å². The van der Waals surface area contributed by atoms with Gasteiger partial charge in [0.1, 0.15) is 6.04 Å². The first-order valence-electron chi connectivity index (χ1n) is 13.2. The molecule has 6 aliphatic rings. The van der Waals surface area contributed by atoms with Gasteiger partial charge in [-0.3, -0.25) is 34.2 Å². The number of rotatable bonds is 6. The zero-order chi connectivity index (χ0) is 26.2. The molecule has 5 fully saturated rings. The van der Waals surface area contributed by atoms with Crippen molar-refractivity contribution in [2.45, 2.75) is 63.1 Å². The SMILES string of the molecule is O=C1CCC(N2C(=O)c3cccc(NCc4csc(C(=O)NC56CC7CC(CC5C7)C6)n4)c3C2=O)C(=O)N1. The maximum absolute atomic E-state index is 13.3. The van der Waals surface area contributed by atoms with E-state index in [0.717, 1.165) is 29.6 Å². The predicted molar refractivity (Wildman–Crippen MR) is 136 cm³/mol. The van der Waals surface area contributed by atoms with Gasteiger partial charge in [0.15, 0.2) is 5.01 Å². The highest BCUT2D eigenvalue weighted by atomic mass is 32.1. The van der Waals surface area contributed by atoms with Gasteiger partial charge in [0.05, 0.1) is 23.4 Å². The van der Waals surface area contributed by atoms with E-state index in [2.05, 4.69) is 20.9 Å². The van der Waals surface area contributed by atoms with Crippen LogP contribution in [0.5, 0.6) is 0 Å². The highest BCUT2D eigenvalue weighted by Gasteiger charge is 2.58. The van der Waals surface area contributed by atoms with Crippen LogP contribution >= 0.6 is 11.3 Å². The molecule has 196 valence electrons. The highest BCUT2D eigenvalue weighted by Crippen LogP contribution is 2.60. The molecule has 1 aromatic carbocycles. The Bertz CT molecular complexity index is 1400. The number of nitrogens with one attached hydrogen (secondary N) is 3. The molecule has 4 bridgehead atoms. The Morgan fingerprint density at radius 2 is 1.89 bits per heavy atom. The van der Waals surface area contributed by atoms with Gasteiger partial charge in [0, 0.05) is 23.0 Å². The number of benzene rings is 1. The van der Waals surface area contributed by atoms with Crippen LogP contribution in [0.2, 0.25) is 0 Å². The summed E-state index contributed by atoms with van der Waals surface area (Å²) in [7, 11) is 0. The molecule has 5 amide bonds. The van der Waals surface area contributed by atoms with Crippen molar-refractivity contribution in [1.29, 1.82) is 0 Å². The number of hydrogen-bond acceptors (Lipinski definition) is 8. The minimum atomic E-state index is -1.02. The fraction of sp³-hybridized carbons (Fsp3) is 0.481. The third-order valence-electron chi connectivity index (χ3n) is 9.03. The first-order valence-corrected chi connectivity index (χ1v) is 14.0. The zero-order valence-corrected chi connectivity index (χ0v) is 21.4. The van der Waals surface area contributed by atoms with Gasteiger partial charge in [-0.25, -0.2) is 4.98 Å². The van der Waals surface area contributed by atoms with E-state index in [1.807, 2.05) is 5.38 Å². The summed E-state index contributed by atoms with van der Waals surface area (Å²) in [5.41, 5.74) is 1.46. The Labute approximate surface area is 222 Å². The molecule has 3 atom stereocenters. The van der Waals surface area contributed by atoms with Gasteiger partial charge < -0.3 is 10.6 Å². The summed E-state index contributed by atoms with van der Waals surface area (Å²) in [6.45, 7) is 0.262. The molecule has 2 aromatic rings. The summed E-state index contributed by atoms with van der Waals surface area (Å²) >= 11 is 1.30. The molecule has 8 rings (SSSR count). The number of thiazole rings is 1. The lowest BCUT2D eigenvalue weighted by atomic mass is 9.80. The molecule has 0 radical (unpaired) electrons. The lowest BCUT2D eigenvalue weighted by Gasteiger charge is -2.33. The molecule has 3 N–H and O–H groups in total. The van der Waals surface area contributed by atoms with Crippen LogP contribution in [0.4, 0.5) is 5.69 Å². The van der Waals surface area contributed by atoms with Crippen molar-refractivity contribution in [3.63, 3.8) is 0 Å². The van der Waals surface area contributed by atoms with Crippen LogP contribution < -0.4 is 16.0 Å². The van der Waals surface area contributed by atoms with Crippen LogP contribution in [0.15, 0.2) is 23.6 Å². The van der Waals surface area contributed by atoms with Crippen molar-refractivity contribution >= 4 is 46.6 Å². The number of carbonyl (C=O) groups is 5. The normalized spacial score (nSPS) is 31.1. The van der Waals surface area contributed by atoms with Crippen molar-refractivity contribution < 1.29 is 24.0 Å². The monoisotopic (exact) mass is 533 g/mol. The Hall–Kier alpha value is -3.60. The molecule has 38 heavy (non-hydrogen) atoms. The molecule has 3 unspecified atom stereocenters. The van der Waals surface area contributed by atoms with Crippen molar-refractivity contribution in [2.75, 3.05) is 5.32 Å². The van der Waals surface area contributed by atoms with Crippen LogP contribution in [0.3, 0.4) is 0 Å². The third-order valence-corrected chi connectivity index (χ3v) is 9.92. The highest BCUT2D eigenvalue weighted by molar-refractivity contribution is 7.11. The number of carbonyl (C=O) groups excluding carboxylic acids is 5. The van der Waals surface area contributed by atoms with Gasteiger partial charge in [-0.1, -0.05) is 6.07 Å². The number of aromatic nitrogens is 1. The van der Waals surface area contributed by atoms with Crippen LogP contribution in [0, 0.1) is 17.8 Å². The van der Waals surface area contributed by atoms with Crippen LogP contribution in [-0.4, -0.2) is 51.0 Å². The minimum Gasteiger partial charge on any atom is -0.379 e. The Morgan fingerprint density at radius 1 is 1.11 bits per heavy atom. The second kappa shape index (κ2) is 8.45. The van der Waals surface area contributed by atoms with Crippen molar-refractivity contribution in [3.05, 3.63) is 45.4 Å². The van der Waals surface area contributed by atoms with E-state index in [9.17, 15) is 24.0 Å². The third kappa shape index (κ3) is 3.58. The summed E-state index contributed by atoms with van der Waals surface area (Å²) in [5, 5.41) is 11.0. The van der Waals surface area contributed by atoms with Crippen molar-refractivity contribution in [1.82, 2.24) is 20.5 Å². The van der Waals surface area contributed by atoms with Crippen molar-refractivity contribution in [2.24, 2.45) is 17.8 Å². The smallest absolute Gasteiger partial charge is 0.280 e. The number of imide groups is 2. The average Bonchev–Trinajstić information content (AvgIpc) is 3.58. The summed E-state index contributed by atoms with van der Waals surface area (Å²) in [5.74, 6) is -0.201. The minimum absolute atomic E-state index is 0.0549. The summed E-state index contributed by atoms with van der Waals surface area (Å²) in [6, 6.07) is 3.91. The second-order valence-electron chi connectivity index (χ2n) is 11.3. The molecular weight excluding hydrogens is 506 g/mol. The molecule has 1 aromatic heterocycles.